The molecule has 0 aliphatic carbocycles. The zero-order valence-electron chi connectivity index (χ0n) is 19.2. The lowest BCUT2D eigenvalue weighted by Gasteiger charge is -2.28. The molecular weight excluding hydrogens is 455 g/mol. The number of hydrogen-bond acceptors (Lipinski definition) is 5. The van der Waals surface area contributed by atoms with Crippen LogP contribution >= 0.6 is 0 Å². The van der Waals surface area contributed by atoms with Gasteiger partial charge >= 0.3 is 0 Å². The number of aromatic nitrogens is 4. The second-order valence-corrected chi connectivity index (χ2v) is 8.69. The van der Waals surface area contributed by atoms with Crippen molar-refractivity contribution in [2.45, 2.75) is 5.92 Å². The average molecular weight is 474 g/mol. The first-order valence-electron chi connectivity index (χ1n) is 11.5. The molecule has 0 fully saturated rings. The number of ether oxygens (including phenoxy) is 2. The molecule has 0 saturated carbocycles. The molecule has 0 bridgehead atoms. The van der Waals surface area contributed by atoms with Gasteiger partial charge in [-0.15, -0.1) is 5.10 Å². The van der Waals surface area contributed by atoms with Crippen LogP contribution in [0.3, 0.4) is 0 Å². The molecule has 7 rings (SSSR count). The molecule has 2 aromatic heterocycles. The van der Waals surface area contributed by atoms with Crippen LogP contribution in [-0.2, 0) is 0 Å². The van der Waals surface area contributed by atoms with Crippen molar-refractivity contribution >= 4 is 16.4 Å². The summed E-state index contributed by atoms with van der Waals surface area (Å²) in [5.41, 5.74) is 4.26. The van der Waals surface area contributed by atoms with Gasteiger partial charge in [-0.1, -0.05) is 48.5 Å². The molecule has 3 heterocycles. The first kappa shape index (κ1) is 20.6. The average Bonchev–Trinajstić information content (AvgIpc) is 3.37. The van der Waals surface area contributed by atoms with E-state index in [4.69, 9.17) is 14.5 Å². The standard InChI is InChI=1S/C29H19FN4O2/c1-35-21-13-8-18(9-14-21)24-23-15-10-17-4-2-3-5-22(17)26(23)36-29-25(24)28-32-27(33-34(28)16-31-29)19-6-11-20(30)12-7-19/h2-16,24H,1H3. The van der Waals surface area contributed by atoms with Crippen LogP contribution < -0.4 is 9.47 Å². The number of nitrogens with zero attached hydrogens (tertiary/aromatic N) is 4. The third kappa shape index (κ3) is 3.13. The Morgan fingerprint density at radius 2 is 1.72 bits per heavy atom. The fourth-order valence-electron chi connectivity index (χ4n) is 4.91. The van der Waals surface area contributed by atoms with E-state index in [0.29, 0.717) is 17.4 Å². The number of fused-ring (bicyclic) bond motifs is 6. The summed E-state index contributed by atoms with van der Waals surface area (Å²) in [5, 5.41) is 6.74. The lowest BCUT2D eigenvalue weighted by Crippen LogP contribution is -2.15. The van der Waals surface area contributed by atoms with E-state index in [1.807, 2.05) is 24.3 Å². The van der Waals surface area contributed by atoms with Crippen LogP contribution in [0.2, 0.25) is 0 Å². The van der Waals surface area contributed by atoms with Crippen LogP contribution in [0.4, 0.5) is 4.39 Å². The van der Waals surface area contributed by atoms with Crippen LogP contribution in [0.15, 0.2) is 91.3 Å². The summed E-state index contributed by atoms with van der Waals surface area (Å²) in [6.45, 7) is 0. The molecule has 1 aliphatic rings. The first-order valence-corrected chi connectivity index (χ1v) is 11.5. The van der Waals surface area contributed by atoms with Gasteiger partial charge in [0.05, 0.1) is 12.7 Å². The van der Waals surface area contributed by atoms with Gasteiger partial charge in [0.15, 0.2) is 11.5 Å². The topological polar surface area (TPSA) is 61.5 Å². The third-order valence-electron chi connectivity index (χ3n) is 6.65. The third-order valence-corrected chi connectivity index (χ3v) is 6.65. The minimum atomic E-state index is -0.307. The molecule has 36 heavy (non-hydrogen) atoms. The molecule has 0 N–H and O–H groups in total. The van der Waals surface area contributed by atoms with Crippen LogP contribution in [0, 0.1) is 5.82 Å². The fourth-order valence-corrected chi connectivity index (χ4v) is 4.91. The largest absolute Gasteiger partial charge is 0.497 e. The van der Waals surface area contributed by atoms with Crippen molar-refractivity contribution in [2.24, 2.45) is 0 Å². The minimum absolute atomic E-state index is 0.194. The lowest BCUT2D eigenvalue weighted by atomic mass is 9.83. The summed E-state index contributed by atoms with van der Waals surface area (Å²) in [4.78, 5) is 9.49. The quantitative estimate of drug-likeness (QED) is 0.297. The maximum absolute atomic E-state index is 13.5. The zero-order valence-corrected chi connectivity index (χ0v) is 19.2. The number of rotatable bonds is 3. The van der Waals surface area contributed by atoms with E-state index in [9.17, 15) is 4.39 Å². The van der Waals surface area contributed by atoms with E-state index in [2.05, 4.69) is 46.5 Å². The van der Waals surface area contributed by atoms with E-state index >= 15 is 0 Å². The van der Waals surface area contributed by atoms with Crippen molar-refractivity contribution in [1.82, 2.24) is 19.6 Å². The molecule has 0 spiro atoms. The van der Waals surface area contributed by atoms with Crippen molar-refractivity contribution in [3.05, 3.63) is 114 Å². The molecule has 0 amide bonds. The summed E-state index contributed by atoms with van der Waals surface area (Å²) in [5.74, 6) is 2.05. The SMILES string of the molecule is COc1ccc(C2c3ccc4ccccc4c3Oc3ncn4nc(-c5ccc(F)cc5)nc4c32)cc1. The summed E-state index contributed by atoms with van der Waals surface area (Å²) < 4.78 is 27.0. The molecule has 1 atom stereocenters. The van der Waals surface area contributed by atoms with Crippen LogP contribution in [0.5, 0.6) is 17.4 Å². The molecule has 6 nitrogen and oxygen atoms in total. The van der Waals surface area contributed by atoms with Crippen molar-refractivity contribution in [2.75, 3.05) is 7.11 Å². The van der Waals surface area contributed by atoms with Crippen molar-refractivity contribution in [1.29, 1.82) is 0 Å². The maximum atomic E-state index is 13.5. The Bertz CT molecular complexity index is 1760. The Hall–Kier alpha value is -4.78. The Morgan fingerprint density at radius 3 is 2.53 bits per heavy atom. The predicted octanol–water partition coefficient (Wildman–Crippen LogP) is 6.38. The highest BCUT2D eigenvalue weighted by Gasteiger charge is 2.34. The Kier molecular flexibility index (Phi) is 4.51. The van der Waals surface area contributed by atoms with Gasteiger partial charge in [-0.25, -0.2) is 18.9 Å². The van der Waals surface area contributed by atoms with Crippen LogP contribution in [0.1, 0.15) is 22.6 Å². The Balaban J connectivity index is 1.49. The fraction of sp³-hybridized carbons (Fsp3) is 0.0690. The van der Waals surface area contributed by atoms with E-state index < -0.39 is 0 Å². The number of halogens is 1. The monoisotopic (exact) mass is 474 g/mol. The molecule has 1 aliphatic heterocycles. The van der Waals surface area contributed by atoms with Gasteiger partial charge < -0.3 is 9.47 Å². The molecule has 0 radical (unpaired) electrons. The zero-order chi connectivity index (χ0) is 24.2. The van der Waals surface area contributed by atoms with E-state index in [1.165, 1.54) is 12.1 Å². The molecule has 0 saturated heterocycles. The molecule has 6 aromatic rings. The normalized spacial score (nSPS) is 14.3. The molecule has 4 aromatic carbocycles. The smallest absolute Gasteiger partial charge is 0.228 e. The number of benzene rings is 4. The molecular formula is C29H19FN4O2. The first-order chi connectivity index (χ1) is 17.7. The number of hydrogen-bond donors (Lipinski definition) is 0. The summed E-state index contributed by atoms with van der Waals surface area (Å²) in [7, 11) is 1.65. The summed E-state index contributed by atoms with van der Waals surface area (Å²) >= 11 is 0. The van der Waals surface area contributed by atoms with Gasteiger partial charge in [-0.2, -0.15) is 0 Å². The van der Waals surface area contributed by atoms with Crippen molar-refractivity contribution in [3.63, 3.8) is 0 Å². The number of methoxy groups -OCH3 is 1. The van der Waals surface area contributed by atoms with Crippen LogP contribution in [-0.4, -0.2) is 26.7 Å². The molecule has 1 unspecified atom stereocenters. The van der Waals surface area contributed by atoms with Gasteiger partial charge in [0, 0.05) is 22.4 Å². The minimum Gasteiger partial charge on any atom is -0.497 e. The van der Waals surface area contributed by atoms with E-state index in [0.717, 1.165) is 44.5 Å². The van der Waals surface area contributed by atoms with Gasteiger partial charge in [-0.05, 0) is 47.3 Å². The highest BCUT2D eigenvalue weighted by Crippen LogP contribution is 2.50. The van der Waals surface area contributed by atoms with E-state index in [-0.39, 0.29) is 11.7 Å². The van der Waals surface area contributed by atoms with Gasteiger partial charge in [0.2, 0.25) is 5.88 Å². The summed E-state index contributed by atoms with van der Waals surface area (Å²) in [6, 6.07) is 26.5. The highest BCUT2D eigenvalue weighted by molar-refractivity contribution is 5.91. The highest BCUT2D eigenvalue weighted by atomic mass is 19.1. The molecule has 174 valence electrons. The second-order valence-electron chi connectivity index (χ2n) is 8.69. The second kappa shape index (κ2) is 7.88. The molecule has 7 heteroatoms. The lowest BCUT2D eigenvalue weighted by molar-refractivity contribution is 0.414. The summed E-state index contributed by atoms with van der Waals surface area (Å²) in [6.07, 6.45) is 1.61. The van der Waals surface area contributed by atoms with E-state index in [1.54, 1.807) is 30.1 Å². The Labute approximate surface area is 205 Å². The Morgan fingerprint density at radius 1 is 0.917 bits per heavy atom. The predicted molar refractivity (Wildman–Crippen MR) is 134 cm³/mol. The van der Waals surface area contributed by atoms with Gasteiger partial charge in [-0.3, -0.25) is 0 Å². The van der Waals surface area contributed by atoms with Crippen LogP contribution in [0.25, 0.3) is 27.8 Å². The van der Waals surface area contributed by atoms with Gasteiger partial charge in [0.25, 0.3) is 0 Å². The maximum Gasteiger partial charge on any atom is 0.228 e. The van der Waals surface area contributed by atoms with Gasteiger partial charge in [0.1, 0.15) is 23.6 Å². The van der Waals surface area contributed by atoms with Crippen molar-refractivity contribution < 1.29 is 13.9 Å². The van der Waals surface area contributed by atoms with Crippen molar-refractivity contribution in [3.8, 4) is 28.8 Å².